The maximum atomic E-state index is 14.0. The Morgan fingerprint density at radius 2 is 2.07 bits per heavy atom. The Kier molecular flexibility index (Phi) is 5.51. The standard InChI is InChI=1S/C20H24FN5O2S/c1-3-25-10-12(21)9-13(11-25)22-18-20(28)26(4-2)19(24-23-18)15-5-6-16-14(17(15)27)7-8-29-16/h5-8,12-13,27H,3-4,9-11H2,1-2H3,(H,22,23)/t12-,13-/m1/s1. The van der Waals surface area contributed by atoms with E-state index >= 15 is 0 Å². The predicted molar refractivity (Wildman–Crippen MR) is 113 cm³/mol. The van der Waals surface area contributed by atoms with Crippen LogP contribution in [0.25, 0.3) is 21.5 Å². The number of phenolic OH excluding ortho intramolecular Hbond substituents is 1. The van der Waals surface area contributed by atoms with Crippen LogP contribution in [0.3, 0.4) is 0 Å². The number of rotatable bonds is 5. The maximum Gasteiger partial charge on any atom is 0.296 e. The Bertz CT molecular complexity index is 1080. The van der Waals surface area contributed by atoms with Gasteiger partial charge >= 0.3 is 0 Å². The van der Waals surface area contributed by atoms with Gasteiger partial charge in [-0.15, -0.1) is 21.5 Å². The Morgan fingerprint density at radius 3 is 2.83 bits per heavy atom. The number of aromatic hydroxyl groups is 1. The van der Waals surface area contributed by atoms with Gasteiger partial charge < -0.3 is 10.4 Å². The number of phenols is 1. The fourth-order valence-electron chi connectivity index (χ4n) is 3.89. The Hall–Kier alpha value is -2.52. The Morgan fingerprint density at radius 1 is 1.24 bits per heavy atom. The van der Waals surface area contributed by atoms with Crippen molar-refractivity contribution in [2.75, 3.05) is 25.0 Å². The van der Waals surface area contributed by atoms with Gasteiger partial charge in [0.2, 0.25) is 5.82 Å². The molecule has 3 aromatic rings. The molecule has 0 radical (unpaired) electrons. The van der Waals surface area contributed by atoms with Gasteiger partial charge in [-0.3, -0.25) is 14.3 Å². The van der Waals surface area contributed by atoms with E-state index < -0.39 is 6.17 Å². The van der Waals surface area contributed by atoms with Crippen LogP contribution in [0.4, 0.5) is 10.2 Å². The SMILES string of the molecule is CCN1C[C@H](F)C[C@@H](Nc2nnc(-c3ccc4sccc4c3O)n(CC)c2=O)C1. The first kappa shape index (κ1) is 19.8. The molecule has 0 aliphatic carbocycles. The molecule has 3 heterocycles. The first-order valence-corrected chi connectivity index (χ1v) is 10.7. The monoisotopic (exact) mass is 417 g/mol. The molecule has 1 aliphatic rings. The summed E-state index contributed by atoms with van der Waals surface area (Å²) in [7, 11) is 0. The summed E-state index contributed by atoms with van der Waals surface area (Å²) >= 11 is 1.53. The minimum atomic E-state index is -0.934. The molecule has 29 heavy (non-hydrogen) atoms. The summed E-state index contributed by atoms with van der Waals surface area (Å²) in [6.45, 7) is 6.03. The van der Waals surface area contributed by atoms with Crippen molar-refractivity contribution in [2.45, 2.75) is 39.0 Å². The molecule has 1 fully saturated rings. The lowest BCUT2D eigenvalue weighted by atomic mass is 10.0. The lowest BCUT2D eigenvalue weighted by Gasteiger charge is -2.34. The number of aromatic nitrogens is 3. The van der Waals surface area contributed by atoms with Gasteiger partial charge in [0.15, 0.2) is 5.82 Å². The highest BCUT2D eigenvalue weighted by molar-refractivity contribution is 7.17. The van der Waals surface area contributed by atoms with Crippen LogP contribution in [0.5, 0.6) is 5.75 Å². The number of piperidine rings is 1. The van der Waals surface area contributed by atoms with Crippen molar-refractivity contribution in [3.8, 4) is 17.1 Å². The number of nitrogens with zero attached hydrogens (tertiary/aromatic N) is 4. The number of hydrogen-bond acceptors (Lipinski definition) is 7. The van der Waals surface area contributed by atoms with Crippen LogP contribution in [0.15, 0.2) is 28.4 Å². The van der Waals surface area contributed by atoms with Gasteiger partial charge in [0.05, 0.1) is 5.56 Å². The average molecular weight is 418 g/mol. The van der Waals surface area contributed by atoms with Crippen molar-refractivity contribution in [1.29, 1.82) is 0 Å². The van der Waals surface area contributed by atoms with E-state index in [0.29, 0.717) is 37.4 Å². The van der Waals surface area contributed by atoms with E-state index in [1.807, 2.05) is 36.3 Å². The lowest BCUT2D eigenvalue weighted by molar-refractivity contribution is 0.134. The van der Waals surface area contributed by atoms with Crippen molar-refractivity contribution >= 4 is 27.2 Å². The van der Waals surface area contributed by atoms with Gasteiger partial charge in [0.1, 0.15) is 11.9 Å². The topological polar surface area (TPSA) is 83.3 Å². The Labute approximate surface area is 171 Å². The second-order valence-corrected chi connectivity index (χ2v) is 8.19. The summed E-state index contributed by atoms with van der Waals surface area (Å²) in [4.78, 5) is 15.1. The van der Waals surface area contributed by atoms with Gasteiger partial charge in [0.25, 0.3) is 5.56 Å². The molecule has 1 aromatic carbocycles. The zero-order valence-electron chi connectivity index (χ0n) is 16.4. The third kappa shape index (κ3) is 3.72. The number of nitrogens with one attached hydrogen (secondary N) is 1. The largest absolute Gasteiger partial charge is 0.507 e. The summed E-state index contributed by atoms with van der Waals surface area (Å²) < 4.78 is 16.5. The minimum Gasteiger partial charge on any atom is -0.507 e. The molecule has 0 saturated carbocycles. The molecule has 1 saturated heterocycles. The quantitative estimate of drug-likeness (QED) is 0.664. The average Bonchev–Trinajstić information content (AvgIpc) is 3.19. The highest BCUT2D eigenvalue weighted by Crippen LogP contribution is 2.36. The molecule has 7 nitrogen and oxygen atoms in total. The fraction of sp³-hybridized carbons (Fsp3) is 0.450. The third-order valence-corrected chi connectivity index (χ3v) is 6.26. The number of alkyl halides is 1. The molecular formula is C20H24FN5O2S. The first-order chi connectivity index (χ1) is 14.0. The van der Waals surface area contributed by atoms with Crippen LogP contribution in [-0.2, 0) is 6.54 Å². The molecule has 0 unspecified atom stereocenters. The van der Waals surface area contributed by atoms with Gasteiger partial charge in [-0.25, -0.2) is 4.39 Å². The molecule has 0 bridgehead atoms. The van der Waals surface area contributed by atoms with Crippen LogP contribution in [0, 0.1) is 0 Å². The molecule has 2 aromatic heterocycles. The van der Waals surface area contributed by atoms with Gasteiger partial charge in [-0.1, -0.05) is 6.92 Å². The maximum absolute atomic E-state index is 14.0. The third-order valence-electron chi connectivity index (χ3n) is 5.38. The predicted octanol–water partition coefficient (Wildman–Crippen LogP) is 3.09. The Balaban J connectivity index is 1.69. The molecular weight excluding hydrogens is 393 g/mol. The van der Waals surface area contributed by atoms with Crippen molar-refractivity contribution in [2.24, 2.45) is 0 Å². The van der Waals surface area contributed by atoms with Gasteiger partial charge in [-0.05, 0) is 37.0 Å². The molecule has 4 rings (SSSR count). The van der Waals surface area contributed by atoms with Crippen LogP contribution >= 0.6 is 11.3 Å². The van der Waals surface area contributed by atoms with E-state index in [1.165, 1.54) is 15.9 Å². The van der Waals surface area contributed by atoms with Gasteiger partial charge in [0, 0.05) is 42.2 Å². The van der Waals surface area contributed by atoms with Crippen molar-refractivity contribution in [1.82, 2.24) is 19.7 Å². The van der Waals surface area contributed by atoms with Crippen LogP contribution in [0.2, 0.25) is 0 Å². The van der Waals surface area contributed by atoms with Gasteiger partial charge in [-0.2, -0.15) is 0 Å². The summed E-state index contributed by atoms with van der Waals surface area (Å²) in [6.07, 6.45) is -0.600. The first-order valence-electron chi connectivity index (χ1n) is 9.81. The van der Waals surface area contributed by atoms with E-state index in [4.69, 9.17) is 0 Å². The number of hydrogen-bond donors (Lipinski definition) is 2. The van der Waals surface area contributed by atoms with Crippen LogP contribution < -0.4 is 10.9 Å². The highest BCUT2D eigenvalue weighted by Gasteiger charge is 2.27. The van der Waals surface area contributed by atoms with E-state index in [0.717, 1.165) is 16.6 Å². The molecule has 9 heteroatoms. The summed E-state index contributed by atoms with van der Waals surface area (Å²) in [6, 6.07) is 5.29. The molecule has 1 aliphatic heterocycles. The van der Waals surface area contributed by atoms with Crippen molar-refractivity contribution in [3.05, 3.63) is 33.9 Å². The fourth-order valence-corrected chi connectivity index (χ4v) is 4.68. The molecule has 0 spiro atoms. The normalized spacial score (nSPS) is 20.2. The highest BCUT2D eigenvalue weighted by atomic mass is 32.1. The van der Waals surface area contributed by atoms with E-state index in [1.54, 1.807) is 6.07 Å². The summed E-state index contributed by atoms with van der Waals surface area (Å²) in [5.41, 5.74) is 0.138. The molecule has 2 atom stereocenters. The van der Waals surface area contributed by atoms with Crippen molar-refractivity contribution in [3.63, 3.8) is 0 Å². The summed E-state index contributed by atoms with van der Waals surface area (Å²) in [5.74, 6) is 0.518. The second kappa shape index (κ2) is 8.08. The number of fused-ring (bicyclic) bond motifs is 1. The number of thiophene rings is 1. The smallest absolute Gasteiger partial charge is 0.296 e. The number of anilines is 1. The zero-order chi connectivity index (χ0) is 20.5. The number of benzene rings is 1. The minimum absolute atomic E-state index is 0.0894. The number of likely N-dealkylation sites (tertiary alicyclic amines) is 1. The van der Waals surface area contributed by atoms with E-state index in [9.17, 15) is 14.3 Å². The lowest BCUT2D eigenvalue weighted by Crippen LogP contribution is -2.48. The molecule has 154 valence electrons. The van der Waals surface area contributed by atoms with Crippen LogP contribution in [-0.4, -0.2) is 56.6 Å². The van der Waals surface area contributed by atoms with E-state index in [2.05, 4.69) is 15.5 Å². The zero-order valence-corrected chi connectivity index (χ0v) is 17.2. The number of halogens is 1. The summed E-state index contributed by atoms with van der Waals surface area (Å²) in [5, 5.41) is 24.7. The van der Waals surface area contributed by atoms with E-state index in [-0.39, 0.29) is 23.2 Å². The number of likely N-dealkylation sites (N-methyl/N-ethyl adjacent to an activating group) is 1. The van der Waals surface area contributed by atoms with Crippen LogP contribution in [0.1, 0.15) is 20.3 Å². The molecule has 0 amide bonds. The second-order valence-electron chi connectivity index (χ2n) is 7.24. The van der Waals surface area contributed by atoms with Crippen molar-refractivity contribution < 1.29 is 9.50 Å². The molecule has 2 N–H and O–H groups in total.